The van der Waals surface area contributed by atoms with Gasteiger partial charge in [-0.05, 0) is 37.6 Å². The number of ether oxygens (including phenoxy) is 1. The van der Waals surface area contributed by atoms with Crippen LogP contribution in [0.2, 0.25) is 0 Å². The topological polar surface area (TPSA) is 130 Å². The summed E-state index contributed by atoms with van der Waals surface area (Å²) in [5, 5.41) is 11.3. The molecule has 0 saturated carbocycles. The predicted octanol–water partition coefficient (Wildman–Crippen LogP) is 2.77. The first-order valence-electron chi connectivity index (χ1n) is 7.72. The number of esters is 1. The Labute approximate surface area is 143 Å². The van der Waals surface area contributed by atoms with Crippen LogP contribution in [0, 0.1) is 12.3 Å². The maximum absolute atomic E-state index is 12.1. The van der Waals surface area contributed by atoms with Gasteiger partial charge in [-0.1, -0.05) is 0 Å². The lowest BCUT2D eigenvalue weighted by Gasteiger charge is -2.09. The van der Waals surface area contributed by atoms with Gasteiger partial charge in [0.25, 0.3) is 0 Å². The van der Waals surface area contributed by atoms with E-state index in [-0.39, 0.29) is 0 Å². The minimum Gasteiger partial charge on any atom is -0.461 e. The highest BCUT2D eigenvalue weighted by molar-refractivity contribution is 6.01. The van der Waals surface area contributed by atoms with E-state index in [0.29, 0.717) is 46.0 Å². The highest BCUT2D eigenvalue weighted by Crippen LogP contribution is 2.29. The molecule has 0 saturated heterocycles. The maximum Gasteiger partial charge on any atom is 0.355 e. The zero-order valence-electron chi connectivity index (χ0n) is 13.9. The summed E-state index contributed by atoms with van der Waals surface area (Å²) in [6.07, 6.45) is 2.60. The van der Waals surface area contributed by atoms with E-state index in [9.17, 15) is 4.79 Å². The maximum atomic E-state index is 12.1. The van der Waals surface area contributed by atoms with Gasteiger partial charge in [-0.25, -0.2) is 14.8 Å². The fourth-order valence-corrected chi connectivity index (χ4v) is 2.59. The SMILES string of the molecule is CCOC(=O)c1[nH]c2ncnc(Nc3ccc(N)c(C=N)c3)c2c1C. The smallest absolute Gasteiger partial charge is 0.355 e. The zero-order chi connectivity index (χ0) is 18.0. The van der Waals surface area contributed by atoms with Crippen LogP contribution in [0.15, 0.2) is 24.5 Å². The summed E-state index contributed by atoms with van der Waals surface area (Å²) in [5.41, 5.74) is 9.28. The first-order valence-corrected chi connectivity index (χ1v) is 7.72. The Morgan fingerprint density at radius 3 is 2.96 bits per heavy atom. The van der Waals surface area contributed by atoms with E-state index in [1.54, 1.807) is 25.1 Å². The molecule has 0 amide bonds. The minimum atomic E-state index is -0.428. The molecule has 1 aromatic carbocycles. The second kappa shape index (κ2) is 6.60. The number of hydrogen-bond donors (Lipinski definition) is 4. The van der Waals surface area contributed by atoms with E-state index in [4.69, 9.17) is 15.9 Å². The van der Waals surface area contributed by atoms with Gasteiger partial charge in [0.2, 0.25) is 0 Å². The number of H-pyrrole nitrogens is 1. The van der Waals surface area contributed by atoms with Gasteiger partial charge in [0.15, 0.2) is 0 Å². The fourth-order valence-electron chi connectivity index (χ4n) is 2.59. The number of carbonyl (C=O) groups excluding carboxylic acids is 1. The molecule has 2 heterocycles. The van der Waals surface area contributed by atoms with Gasteiger partial charge in [-0.15, -0.1) is 0 Å². The molecule has 3 rings (SSSR count). The summed E-state index contributed by atoms with van der Waals surface area (Å²) in [6.45, 7) is 3.86. The Kier molecular flexibility index (Phi) is 4.34. The number of carbonyl (C=O) groups is 1. The molecule has 0 aliphatic heterocycles. The van der Waals surface area contributed by atoms with E-state index >= 15 is 0 Å². The Balaban J connectivity index is 2.05. The quantitative estimate of drug-likeness (QED) is 0.321. The van der Waals surface area contributed by atoms with E-state index in [0.717, 1.165) is 5.69 Å². The van der Waals surface area contributed by atoms with Crippen molar-refractivity contribution in [2.75, 3.05) is 17.7 Å². The van der Waals surface area contributed by atoms with Crippen molar-refractivity contribution in [1.29, 1.82) is 5.41 Å². The van der Waals surface area contributed by atoms with Crippen LogP contribution < -0.4 is 11.1 Å². The van der Waals surface area contributed by atoms with E-state index in [1.807, 2.05) is 6.92 Å². The van der Waals surface area contributed by atoms with Crippen molar-refractivity contribution in [2.45, 2.75) is 13.8 Å². The van der Waals surface area contributed by atoms with Crippen molar-refractivity contribution in [3.8, 4) is 0 Å². The lowest BCUT2D eigenvalue weighted by Crippen LogP contribution is -2.06. The summed E-state index contributed by atoms with van der Waals surface area (Å²) in [4.78, 5) is 23.5. The summed E-state index contributed by atoms with van der Waals surface area (Å²) < 4.78 is 5.06. The minimum absolute atomic E-state index is 0.294. The molecule has 0 atom stereocenters. The van der Waals surface area contributed by atoms with Gasteiger partial charge < -0.3 is 26.2 Å². The van der Waals surface area contributed by atoms with Crippen molar-refractivity contribution in [3.05, 3.63) is 41.3 Å². The van der Waals surface area contributed by atoms with Crippen LogP contribution in [0.5, 0.6) is 0 Å². The number of nitrogens with two attached hydrogens (primary N) is 1. The highest BCUT2D eigenvalue weighted by atomic mass is 16.5. The molecule has 8 nitrogen and oxygen atoms in total. The van der Waals surface area contributed by atoms with E-state index in [1.165, 1.54) is 12.5 Å². The summed E-state index contributed by atoms with van der Waals surface area (Å²) in [6, 6.07) is 5.27. The molecule has 0 aliphatic rings. The van der Waals surface area contributed by atoms with Crippen LogP contribution in [0.4, 0.5) is 17.2 Å². The van der Waals surface area contributed by atoms with Crippen molar-refractivity contribution in [2.24, 2.45) is 0 Å². The monoisotopic (exact) mass is 338 g/mol. The first kappa shape index (κ1) is 16.4. The molecule has 3 aromatic rings. The number of fused-ring (bicyclic) bond motifs is 1. The second-order valence-corrected chi connectivity index (χ2v) is 5.40. The van der Waals surface area contributed by atoms with Crippen LogP contribution in [0.25, 0.3) is 11.0 Å². The number of nitrogens with zero attached hydrogens (tertiary/aromatic N) is 2. The standard InChI is InChI=1S/C17H18N6O2/c1-3-25-17(24)14-9(2)13-15(20-8-21-16(13)23-14)22-11-4-5-12(19)10(6-11)7-18/h4-8,18H,3,19H2,1-2H3,(H2,20,21,22,23). The first-order chi connectivity index (χ1) is 12.0. The average Bonchev–Trinajstić information content (AvgIpc) is 2.95. The number of nitrogen functional groups attached to an aromatic ring is 1. The number of aromatic nitrogens is 3. The number of rotatable bonds is 5. The van der Waals surface area contributed by atoms with Crippen LogP contribution >= 0.6 is 0 Å². The molecule has 0 aliphatic carbocycles. The summed E-state index contributed by atoms with van der Waals surface area (Å²) >= 11 is 0. The van der Waals surface area contributed by atoms with Crippen molar-refractivity contribution >= 4 is 40.4 Å². The molecule has 0 radical (unpaired) electrons. The third-order valence-corrected chi connectivity index (χ3v) is 3.83. The third kappa shape index (κ3) is 3.01. The third-order valence-electron chi connectivity index (χ3n) is 3.83. The molecule has 0 unspecified atom stereocenters. The van der Waals surface area contributed by atoms with Crippen molar-refractivity contribution in [1.82, 2.24) is 15.0 Å². The molecule has 0 fully saturated rings. The molecule has 2 aromatic heterocycles. The van der Waals surface area contributed by atoms with Gasteiger partial charge in [0.1, 0.15) is 23.5 Å². The largest absolute Gasteiger partial charge is 0.461 e. The van der Waals surface area contributed by atoms with Crippen LogP contribution in [-0.4, -0.2) is 33.7 Å². The second-order valence-electron chi connectivity index (χ2n) is 5.40. The fraction of sp³-hybridized carbons (Fsp3) is 0.176. The van der Waals surface area contributed by atoms with Crippen molar-refractivity contribution in [3.63, 3.8) is 0 Å². The molecule has 128 valence electrons. The molecule has 0 spiro atoms. The average molecular weight is 338 g/mol. The number of nitrogens with one attached hydrogen (secondary N) is 3. The molecule has 25 heavy (non-hydrogen) atoms. The Morgan fingerprint density at radius 1 is 1.44 bits per heavy atom. The van der Waals surface area contributed by atoms with Gasteiger partial charge in [0, 0.05) is 23.2 Å². The molecule has 5 N–H and O–H groups in total. The number of benzene rings is 1. The lowest BCUT2D eigenvalue weighted by molar-refractivity contribution is 0.0519. The van der Waals surface area contributed by atoms with Crippen LogP contribution in [0.1, 0.15) is 28.5 Å². The molecular formula is C17H18N6O2. The number of aryl methyl sites for hydroxylation is 1. The summed E-state index contributed by atoms with van der Waals surface area (Å²) in [7, 11) is 0. The molecular weight excluding hydrogens is 320 g/mol. The van der Waals surface area contributed by atoms with Gasteiger partial charge in [-0.2, -0.15) is 0 Å². The van der Waals surface area contributed by atoms with E-state index < -0.39 is 5.97 Å². The van der Waals surface area contributed by atoms with E-state index in [2.05, 4.69) is 20.3 Å². The molecule has 0 bridgehead atoms. The normalized spacial score (nSPS) is 10.6. The predicted molar refractivity (Wildman–Crippen MR) is 96.6 cm³/mol. The Morgan fingerprint density at radius 2 is 2.24 bits per heavy atom. The van der Waals surface area contributed by atoms with Crippen molar-refractivity contribution < 1.29 is 9.53 Å². The summed E-state index contributed by atoms with van der Waals surface area (Å²) in [5.74, 6) is 0.123. The van der Waals surface area contributed by atoms with Crippen LogP contribution in [-0.2, 0) is 4.74 Å². The Bertz CT molecular complexity index is 963. The lowest BCUT2D eigenvalue weighted by atomic mass is 10.1. The highest BCUT2D eigenvalue weighted by Gasteiger charge is 2.19. The number of hydrogen-bond acceptors (Lipinski definition) is 7. The Hall–Kier alpha value is -3.42. The van der Waals surface area contributed by atoms with Gasteiger partial charge >= 0.3 is 5.97 Å². The van der Waals surface area contributed by atoms with Gasteiger partial charge in [0.05, 0.1) is 12.0 Å². The van der Waals surface area contributed by atoms with Gasteiger partial charge in [-0.3, -0.25) is 0 Å². The molecule has 8 heteroatoms. The number of aromatic amines is 1. The zero-order valence-corrected chi connectivity index (χ0v) is 13.9. The van der Waals surface area contributed by atoms with Crippen LogP contribution in [0.3, 0.4) is 0 Å². The number of anilines is 3.